The lowest BCUT2D eigenvalue weighted by molar-refractivity contribution is 0.0915. The second kappa shape index (κ2) is 11.4. The van der Waals surface area contributed by atoms with Crippen LogP contribution in [0.15, 0.2) is 53.5 Å². The number of halogens is 1. The van der Waals surface area contributed by atoms with Crippen LogP contribution < -0.4 is 10.6 Å². The monoisotopic (exact) mass is 493 g/mol. The van der Waals surface area contributed by atoms with Crippen molar-refractivity contribution in [3.05, 3.63) is 70.8 Å². The van der Waals surface area contributed by atoms with Gasteiger partial charge in [-0.15, -0.1) is 24.0 Å². The van der Waals surface area contributed by atoms with Gasteiger partial charge >= 0.3 is 0 Å². The highest BCUT2D eigenvalue weighted by Crippen LogP contribution is 2.33. The number of hydrogen-bond donors (Lipinski definition) is 2. The molecule has 0 radical (unpaired) electrons. The number of nitrogens with one attached hydrogen (secondary N) is 2. The van der Waals surface area contributed by atoms with Crippen LogP contribution in [0.2, 0.25) is 0 Å². The van der Waals surface area contributed by atoms with Crippen molar-refractivity contribution in [1.29, 1.82) is 0 Å². The van der Waals surface area contributed by atoms with Crippen LogP contribution in [0.3, 0.4) is 0 Å². The molecule has 28 heavy (non-hydrogen) atoms. The van der Waals surface area contributed by atoms with Gasteiger partial charge in [0.05, 0.1) is 6.10 Å². The zero-order chi connectivity index (χ0) is 19.1. The van der Waals surface area contributed by atoms with Crippen molar-refractivity contribution in [2.45, 2.75) is 32.8 Å². The van der Waals surface area contributed by atoms with Gasteiger partial charge in [0.15, 0.2) is 5.96 Å². The highest BCUT2D eigenvalue weighted by atomic mass is 127. The van der Waals surface area contributed by atoms with Gasteiger partial charge in [-0.25, -0.2) is 0 Å². The fourth-order valence-electron chi connectivity index (χ4n) is 3.84. The molecule has 2 atom stereocenters. The van der Waals surface area contributed by atoms with Gasteiger partial charge in [0.1, 0.15) is 0 Å². The number of hydrogen-bond acceptors (Lipinski definition) is 2. The first-order valence-electron chi connectivity index (χ1n) is 9.84. The van der Waals surface area contributed by atoms with E-state index in [1.165, 1.54) is 22.3 Å². The normalized spacial score (nSPS) is 19.2. The van der Waals surface area contributed by atoms with E-state index in [2.05, 4.69) is 71.9 Å². The highest BCUT2D eigenvalue weighted by Gasteiger charge is 2.29. The molecule has 0 spiro atoms. The Hall–Kier alpha value is -1.60. The number of rotatable bonds is 6. The van der Waals surface area contributed by atoms with Crippen LogP contribution in [-0.2, 0) is 11.2 Å². The third-order valence-corrected chi connectivity index (χ3v) is 5.09. The Balaban J connectivity index is 0.00000280. The highest BCUT2D eigenvalue weighted by molar-refractivity contribution is 14.0. The van der Waals surface area contributed by atoms with E-state index in [4.69, 9.17) is 4.74 Å². The van der Waals surface area contributed by atoms with Gasteiger partial charge in [0, 0.05) is 32.7 Å². The summed E-state index contributed by atoms with van der Waals surface area (Å²) >= 11 is 0. The summed E-state index contributed by atoms with van der Waals surface area (Å²) < 4.78 is 5.98. The summed E-state index contributed by atoms with van der Waals surface area (Å²) in [5.74, 6) is 1.32. The maximum Gasteiger partial charge on any atom is 0.190 e. The predicted octanol–water partition coefficient (Wildman–Crippen LogP) is 4.41. The summed E-state index contributed by atoms with van der Waals surface area (Å²) in [5, 5.41) is 6.91. The number of nitrogens with zero attached hydrogens (tertiary/aromatic N) is 1. The molecule has 0 amide bonds. The first-order chi connectivity index (χ1) is 13.2. The maximum absolute atomic E-state index is 5.98. The predicted molar refractivity (Wildman–Crippen MR) is 128 cm³/mol. The molecule has 1 heterocycles. The lowest BCUT2D eigenvalue weighted by Gasteiger charge is -2.21. The Morgan fingerprint density at radius 3 is 2.46 bits per heavy atom. The van der Waals surface area contributed by atoms with Crippen LogP contribution in [0, 0.1) is 19.8 Å². The minimum absolute atomic E-state index is 0. The van der Waals surface area contributed by atoms with Crippen LogP contribution in [0.5, 0.6) is 0 Å². The number of ether oxygens (including phenoxy) is 1. The smallest absolute Gasteiger partial charge is 0.190 e. The Morgan fingerprint density at radius 1 is 1.07 bits per heavy atom. The third-order valence-electron chi connectivity index (χ3n) is 5.09. The summed E-state index contributed by atoms with van der Waals surface area (Å²) in [4.78, 5) is 4.37. The lowest BCUT2D eigenvalue weighted by Crippen LogP contribution is -2.41. The summed E-state index contributed by atoms with van der Waals surface area (Å²) in [5.41, 5.74) is 5.27. The van der Waals surface area contributed by atoms with Crippen LogP contribution >= 0.6 is 24.0 Å². The molecule has 1 aliphatic heterocycles. The fourth-order valence-corrected chi connectivity index (χ4v) is 3.84. The Kier molecular flexibility index (Phi) is 9.25. The molecule has 1 saturated heterocycles. The minimum atomic E-state index is 0. The fraction of sp³-hybridized carbons (Fsp3) is 0.435. The average Bonchev–Trinajstić information content (AvgIpc) is 3.13. The Bertz CT molecular complexity index is 743. The molecule has 2 unspecified atom stereocenters. The second-order valence-electron chi connectivity index (χ2n) is 7.38. The van der Waals surface area contributed by atoms with Crippen LogP contribution in [-0.4, -0.2) is 32.7 Å². The number of guanidine groups is 1. The van der Waals surface area contributed by atoms with E-state index in [1.54, 1.807) is 0 Å². The molecule has 3 rings (SSSR count). The quantitative estimate of drug-likeness (QED) is 0.356. The SMILES string of the molecule is CN=C(NCCc1cc(C)cc(C)c1)NCC1CCOC1c1ccccc1.I. The zero-order valence-electron chi connectivity index (χ0n) is 17.1. The molecule has 2 aromatic rings. The van der Waals surface area contributed by atoms with Gasteiger partial charge in [-0.1, -0.05) is 59.7 Å². The average molecular weight is 493 g/mol. The van der Waals surface area contributed by atoms with E-state index in [9.17, 15) is 0 Å². The lowest BCUT2D eigenvalue weighted by atomic mass is 9.95. The van der Waals surface area contributed by atoms with Crippen LogP contribution in [0.25, 0.3) is 0 Å². The molecule has 0 aliphatic carbocycles. The van der Waals surface area contributed by atoms with Crippen molar-refractivity contribution >= 4 is 29.9 Å². The standard InChI is InChI=1S/C23H31N3O.HI/c1-17-13-18(2)15-19(14-17)9-11-25-23(24-3)26-16-21-10-12-27-22(21)20-7-5-4-6-8-20;/h4-8,13-15,21-22H,9-12,16H2,1-3H3,(H2,24,25,26);1H. The maximum atomic E-state index is 5.98. The zero-order valence-corrected chi connectivity index (χ0v) is 19.4. The van der Waals surface area contributed by atoms with Crippen molar-refractivity contribution in [1.82, 2.24) is 10.6 Å². The summed E-state index contributed by atoms with van der Waals surface area (Å²) in [6, 6.07) is 17.2. The third kappa shape index (κ3) is 6.48. The summed E-state index contributed by atoms with van der Waals surface area (Å²) in [6.07, 6.45) is 2.24. The van der Waals surface area contributed by atoms with Gasteiger partial charge in [-0.2, -0.15) is 0 Å². The van der Waals surface area contributed by atoms with E-state index in [0.29, 0.717) is 5.92 Å². The first-order valence-corrected chi connectivity index (χ1v) is 9.84. The van der Waals surface area contributed by atoms with Gasteiger partial charge in [0.25, 0.3) is 0 Å². The molecular weight excluding hydrogens is 461 g/mol. The molecule has 1 aliphatic rings. The van der Waals surface area contributed by atoms with Crippen molar-refractivity contribution in [2.75, 3.05) is 26.7 Å². The van der Waals surface area contributed by atoms with E-state index in [-0.39, 0.29) is 30.1 Å². The summed E-state index contributed by atoms with van der Waals surface area (Å²) in [6.45, 7) is 6.85. The second-order valence-corrected chi connectivity index (χ2v) is 7.38. The molecular formula is C23H32IN3O. The molecule has 5 heteroatoms. The van der Waals surface area contributed by atoms with E-state index in [1.807, 2.05) is 13.1 Å². The van der Waals surface area contributed by atoms with Crippen molar-refractivity contribution < 1.29 is 4.74 Å². The summed E-state index contributed by atoms with van der Waals surface area (Å²) in [7, 11) is 1.83. The van der Waals surface area contributed by atoms with E-state index >= 15 is 0 Å². The molecule has 4 nitrogen and oxygen atoms in total. The van der Waals surface area contributed by atoms with Crippen LogP contribution in [0.4, 0.5) is 0 Å². The molecule has 2 N–H and O–H groups in total. The molecule has 1 fully saturated rings. The van der Waals surface area contributed by atoms with E-state index in [0.717, 1.165) is 38.5 Å². The van der Waals surface area contributed by atoms with Gasteiger partial charge in [-0.05, 0) is 37.8 Å². The van der Waals surface area contributed by atoms with Gasteiger partial charge in [-0.3, -0.25) is 4.99 Å². The Labute approximate surface area is 186 Å². The van der Waals surface area contributed by atoms with Crippen molar-refractivity contribution in [3.63, 3.8) is 0 Å². The molecule has 152 valence electrons. The largest absolute Gasteiger partial charge is 0.373 e. The minimum Gasteiger partial charge on any atom is -0.373 e. The van der Waals surface area contributed by atoms with Gasteiger partial charge in [0.2, 0.25) is 0 Å². The van der Waals surface area contributed by atoms with Gasteiger partial charge < -0.3 is 15.4 Å². The van der Waals surface area contributed by atoms with Crippen LogP contribution in [0.1, 0.15) is 34.8 Å². The Morgan fingerprint density at radius 2 is 1.79 bits per heavy atom. The molecule has 0 bridgehead atoms. The molecule has 0 saturated carbocycles. The first kappa shape index (κ1) is 22.7. The van der Waals surface area contributed by atoms with Crippen molar-refractivity contribution in [3.8, 4) is 0 Å². The molecule has 0 aromatic heterocycles. The molecule has 2 aromatic carbocycles. The van der Waals surface area contributed by atoms with Crippen molar-refractivity contribution in [2.24, 2.45) is 10.9 Å². The number of benzene rings is 2. The number of aliphatic imine (C=N–C) groups is 1. The number of aryl methyl sites for hydroxylation is 2. The van der Waals surface area contributed by atoms with E-state index < -0.39 is 0 Å². The topological polar surface area (TPSA) is 45.7 Å².